The second-order valence-electron chi connectivity index (χ2n) is 4.74. The van der Waals surface area contributed by atoms with E-state index in [1.54, 1.807) is 36.4 Å². The number of aryl methyl sites for hydroxylation is 2. The zero-order valence-corrected chi connectivity index (χ0v) is 13.4. The van der Waals surface area contributed by atoms with E-state index in [1.165, 1.54) is 5.41 Å². The fourth-order valence-corrected chi connectivity index (χ4v) is 3.90. The zero-order chi connectivity index (χ0) is 15.5. The van der Waals surface area contributed by atoms with Gasteiger partial charge in [-0.3, -0.25) is 0 Å². The molecular weight excluding hydrogens is 304 g/mol. The summed E-state index contributed by atoms with van der Waals surface area (Å²) in [7, 11) is -5.04. The first-order valence-corrected chi connectivity index (χ1v) is 9.12. The molecule has 0 spiro atoms. The summed E-state index contributed by atoms with van der Waals surface area (Å²) in [6.07, 6.45) is 0. The summed E-state index contributed by atoms with van der Waals surface area (Å²) in [6, 6.07) is 13.7. The molecule has 0 amide bonds. The van der Waals surface area contributed by atoms with Crippen molar-refractivity contribution >= 4 is 20.6 Å². The third kappa shape index (κ3) is 4.12. The van der Waals surface area contributed by atoms with Gasteiger partial charge in [0, 0.05) is 15.7 Å². The van der Waals surface area contributed by atoms with Crippen molar-refractivity contribution in [1.29, 1.82) is 0 Å². The van der Waals surface area contributed by atoms with E-state index in [4.69, 9.17) is 0 Å². The lowest BCUT2D eigenvalue weighted by atomic mass is 10.2. The van der Waals surface area contributed by atoms with Crippen LogP contribution >= 0.6 is 0 Å². The Morgan fingerprint density at radius 3 is 1.86 bits per heavy atom. The third-order valence-corrected chi connectivity index (χ3v) is 5.68. The summed E-state index contributed by atoms with van der Waals surface area (Å²) in [5, 5.41) is 2.22. The molecule has 0 bridgehead atoms. The molecule has 1 atom stereocenters. The fraction of sp³-hybridized carbons (Fsp3) is 0.125. The van der Waals surface area contributed by atoms with Crippen LogP contribution in [0.2, 0.25) is 0 Å². The van der Waals surface area contributed by atoms with Crippen LogP contribution < -0.4 is 0 Å². The minimum absolute atomic E-state index is 0.199. The predicted molar refractivity (Wildman–Crippen MR) is 85.1 cm³/mol. The molecule has 2 rings (SSSR count). The summed E-state index contributed by atoms with van der Waals surface area (Å²) in [4.78, 5) is 0.779. The molecular formula is C16H16O3S2. The predicted octanol–water partition coefficient (Wildman–Crippen LogP) is 3.36. The SMILES string of the molecule is Cc1ccc(S(=O)C=CS(=O)(=O)c2ccc(C)cc2)cc1. The van der Waals surface area contributed by atoms with Crippen molar-refractivity contribution in [2.45, 2.75) is 23.6 Å². The standard InChI is InChI=1S/C16H16O3S2/c1-13-3-7-15(8-4-13)20(17)11-12-21(18,19)16-9-5-14(2)6-10-16/h3-12H,1-2H3. The van der Waals surface area contributed by atoms with Gasteiger partial charge in [0.25, 0.3) is 0 Å². The van der Waals surface area contributed by atoms with Crippen LogP contribution in [0.15, 0.2) is 69.1 Å². The average molecular weight is 320 g/mol. The molecule has 21 heavy (non-hydrogen) atoms. The van der Waals surface area contributed by atoms with Gasteiger partial charge in [-0.2, -0.15) is 0 Å². The van der Waals surface area contributed by atoms with Gasteiger partial charge in [0.05, 0.1) is 15.7 Å². The number of benzene rings is 2. The molecule has 0 aliphatic rings. The largest absolute Gasteiger partial charge is 0.250 e. The quantitative estimate of drug-likeness (QED) is 0.868. The second-order valence-corrected chi connectivity index (χ2v) is 7.91. The van der Waals surface area contributed by atoms with Crippen molar-refractivity contribution in [3.8, 4) is 0 Å². The molecule has 1 unspecified atom stereocenters. The van der Waals surface area contributed by atoms with Crippen LogP contribution in [0.1, 0.15) is 11.1 Å². The lowest BCUT2D eigenvalue weighted by Crippen LogP contribution is -1.97. The summed E-state index contributed by atoms with van der Waals surface area (Å²) in [5.41, 5.74) is 2.05. The molecule has 0 aromatic heterocycles. The van der Waals surface area contributed by atoms with Crippen LogP contribution in [0.5, 0.6) is 0 Å². The Balaban J connectivity index is 2.21. The fourth-order valence-electron chi connectivity index (χ4n) is 1.68. The number of sulfone groups is 1. The van der Waals surface area contributed by atoms with Crippen molar-refractivity contribution in [3.63, 3.8) is 0 Å². The topological polar surface area (TPSA) is 51.2 Å². The van der Waals surface area contributed by atoms with E-state index in [9.17, 15) is 12.6 Å². The van der Waals surface area contributed by atoms with Gasteiger partial charge in [0.2, 0.25) is 0 Å². The molecule has 0 fully saturated rings. The Morgan fingerprint density at radius 2 is 1.33 bits per heavy atom. The third-order valence-electron chi connectivity index (χ3n) is 2.96. The Bertz CT molecular complexity index is 771. The van der Waals surface area contributed by atoms with Crippen LogP contribution in [0.4, 0.5) is 0 Å². The molecule has 0 aliphatic carbocycles. The normalized spacial score (nSPS) is 13.4. The second kappa shape index (κ2) is 6.37. The van der Waals surface area contributed by atoms with Crippen LogP contribution in [0, 0.1) is 13.8 Å². The van der Waals surface area contributed by atoms with Crippen molar-refractivity contribution in [1.82, 2.24) is 0 Å². The molecule has 0 saturated carbocycles. The molecule has 0 N–H and O–H groups in total. The number of hydrogen-bond acceptors (Lipinski definition) is 3. The first-order chi connectivity index (χ1) is 9.88. The molecule has 0 saturated heterocycles. The molecule has 0 heterocycles. The summed E-state index contributed by atoms with van der Waals surface area (Å²) >= 11 is 0. The van der Waals surface area contributed by atoms with Crippen LogP contribution in [0.25, 0.3) is 0 Å². The summed E-state index contributed by atoms with van der Waals surface area (Å²) in [5.74, 6) is 0. The van der Waals surface area contributed by atoms with E-state index < -0.39 is 20.6 Å². The molecule has 0 aliphatic heterocycles. The highest BCUT2D eigenvalue weighted by atomic mass is 32.2. The van der Waals surface area contributed by atoms with Gasteiger partial charge < -0.3 is 0 Å². The van der Waals surface area contributed by atoms with Crippen molar-refractivity contribution in [2.24, 2.45) is 0 Å². The smallest absolute Gasteiger partial charge is 0.200 e. The highest BCUT2D eigenvalue weighted by Gasteiger charge is 2.10. The van der Waals surface area contributed by atoms with Crippen LogP contribution in [-0.4, -0.2) is 12.6 Å². The maximum atomic E-state index is 12.1. The number of hydrogen-bond donors (Lipinski definition) is 0. The Labute approximate surface area is 127 Å². The van der Waals surface area contributed by atoms with Gasteiger partial charge in [0.15, 0.2) is 9.84 Å². The van der Waals surface area contributed by atoms with Gasteiger partial charge in [0.1, 0.15) is 0 Å². The monoisotopic (exact) mass is 320 g/mol. The van der Waals surface area contributed by atoms with Gasteiger partial charge in [-0.25, -0.2) is 12.6 Å². The van der Waals surface area contributed by atoms with E-state index in [2.05, 4.69) is 0 Å². The molecule has 3 nitrogen and oxygen atoms in total. The maximum Gasteiger partial charge on any atom is 0.200 e. The van der Waals surface area contributed by atoms with E-state index in [0.717, 1.165) is 16.5 Å². The maximum absolute atomic E-state index is 12.1. The minimum Gasteiger partial charge on any atom is -0.250 e. The number of rotatable bonds is 4. The minimum atomic E-state index is -3.56. The van der Waals surface area contributed by atoms with E-state index in [1.807, 2.05) is 26.0 Å². The Kier molecular flexibility index (Phi) is 4.75. The van der Waals surface area contributed by atoms with E-state index in [0.29, 0.717) is 4.90 Å². The van der Waals surface area contributed by atoms with Crippen molar-refractivity contribution < 1.29 is 12.6 Å². The molecule has 110 valence electrons. The Morgan fingerprint density at radius 1 is 0.857 bits per heavy atom. The highest BCUT2D eigenvalue weighted by molar-refractivity contribution is 7.95. The highest BCUT2D eigenvalue weighted by Crippen LogP contribution is 2.15. The van der Waals surface area contributed by atoms with Crippen LogP contribution in [0.3, 0.4) is 0 Å². The first kappa shape index (κ1) is 15.7. The summed E-state index contributed by atoms with van der Waals surface area (Å²) in [6.45, 7) is 3.82. The lowest BCUT2D eigenvalue weighted by Gasteiger charge is -2.00. The molecule has 5 heteroatoms. The zero-order valence-electron chi connectivity index (χ0n) is 11.8. The first-order valence-electron chi connectivity index (χ1n) is 6.36. The van der Waals surface area contributed by atoms with Gasteiger partial charge in [-0.15, -0.1) is 0 Å². The van der Waals surface area contributed by atoms with Gasteiger partial charge in [-0.1, -0.05) is 35.4 Å². The molecule has 2 aromatic carbocycles. The Hall–Kier alpha value is -1.72. The van der Waals surface area contributed by atoms with Gasteiger partial charge >= 0.3 is 0 Å². The molecule has 0 radical (unpaired) electrons. The van der Waals surface area contributed by atoms with E-state index >= 15 is 0 Å². The average Bonchev–Trinajstić information content (AvgIpc) is 2.46. The van der Waals surface area contributed by atoms with Crippen molar-refractivity contribution in [3.05, 3.63) is 70.5 Å². The molecule has 2 aromatic rings. The summed E-state index contributed by atoms with van der Waals surface area (Å²) < 4.78 is 36.3. The van der Waals surface area contributed by atoms with Crippen LogP contribution in [-0.2, 0) is 20.6 Å². The lowest BCUT2D eigenvalue weighted by molar-refractivity contribution is 0.604. The van der Waals surface area contributed by atoms with Crippen molar-refractivity contribution in [2.75, 3.05) is 0 Å². The van der Waals surface area contributed by atoms with E-state index in [-0.39, 0.29) is 4.90 Å². The van der Waals surface area contributed by atoms with Gasteiger partial charge in [-0.05, 0) is 38.1 Å².